The maximum Gasteiger partial charge on any atom is 0.298 e. The minimum absolute atomic E-state index is 0.000882. The lowest BCUT2D eigenvalue weighted by Crippen LogP contribution is -2.33. The zero-order chi connectivity index (χ0) is 22.3. The molecule has 1 aliphatic rings. The zero-order valence-corrected chi connectivity index (χ0v) is 17.3. The molecule has 2 heterocycles. The molecule has 0 atom stereocenters. The molecule has 3 aromatic rings. The van der Waals surface area contributed by atoms with E-state index < -0.39 is 21.6 Å². The van der Waals surface area contributed by atoms with Gasteiger partial charge >= 0.3 is 0 Å². The summed E-state index contributed by atoms with van der Waals surface area (Å²) < 4.78 is 2.99. The maximum atomic E-state index is 13.2. The zero-order valence-electron chi connectivity index (χ0n) is 16.5. The second kappa shape index (κ2) is 7.73. The van der Waals surface area contributed by atoms with E-state index in [1.165, 1.54) is 35.0 Å². The Labute approximate surface area is 180 Å². The minimum atomic E-state index is -0.612. The normalized spacial score (nSPS) is 15.2. The Morgan fingerprint density at radius 2 is 1.65 bits per heavy atom. The molecule has 0 bridgehead atoms. The molecular formula is C21H16N4O5S. The number of aromatic nitrogens is 2. The molecule has 0 unspecified atom stereocenters. The van der Waals surface area contributed by atoms with Crippen LogP contribution in [0, 0.1) is 17.0 Å². The minimum Gasteiger partial charge on any atom is -0.283 e. The highest BCUT2D eigenvalue weighted by molar-refractivity contribution is 8.19. The smallest absolute Gasteiger partial charge is 0.283 e. The van der Waals surface area contributed by atoms with E-state index in [2.05, 4.69) is 0 Å². The fourth-order valence-electron chi connectivity index (χ4n) is 3.32. The Hall–Kier alpha value is -3.92. The molecule has 0 spiro atoms. The molecular weight excluding hydrogens is 420 g/mol. The topological polar surface area (TPSA) is 107 Å². The first-order chi connectivity index (χ1) is 14.8. The molecule has 0 N–H and O–H groups in total. The van der Waals surface area contributed by atoms with Gasteiger partial charge in [0.25, 0.3) is 22.4 Å². The molecule has 10 heteroatoms. The summed E-state index contributed by atoms with van der Waals surface area (Å²) in [6.45, 7) is 1.67. The molecule has 2 amide bonds. The number of non-ortho nitro benzene ring substituents is 1. The van der Waals surface area contributed by atoms with Crippen molar-refractivity contribution in [3.05, 3.63) is 91.2 Å². The van der Waals surface area contributed by atoms with Gasteiger partial charge < -0.3 is 0 Å². The summed E-state index contributed by atoms with van der Waals surface area (Å²) in [4.78, 5) is 50.1. The highest BCUT2D eigenvalue weighted by Crippen LogP contribution is 2.36. The molecule has 1 aliphatic heterocycles. The summed E-state index contributed by atoms with van der Waals surface area (Å²) >= 11 is 0.718. The second-order valence-corrected chi connectivity index (χ2v) is 7.77. The second-order valence-electron chi connectivity index (χ2n) is 6.78. The van der Waals surface area contributed by atoms with Crippen LogP contribution < -0.4 is 10.5 Å². The average Bonchev–Trinajstić information content (AvgIpc) is 3.14. The summed E-state index contributed by atoms with van der Waals surface area (Å²) in [5, 5.41) is 10.2. The van der Waals surface area contributed by atoms with Crippen LogP contribution in [-0.2, 0) is 11.8 Å². The lowest BCUT2D eigenvalue weighted by atomic mass is 10.2. The van der Waals surface area contributed by atoms with E-state index in [9.17, 15) is 24.5 Å². The first kappa shape index (κ1) is 20.4. The number of imide groups is 1. The Balaban J connectivity index is 1.73. The van der Waals surface area contributed by atoms with E-state index >= 15 is 0 Å². The van der Waals surface area contributed by atoms with Gasteiger partial charge in [-0.2, -0.15) is 0 Å². The fourth-order valence-corrected chi connectivity index (χ4v) is 4.14. The Morgan fingerprint density at radius 3 is 2.26 bits per heavy atom. The van der Waals surface area contributed by atoms with E-state index in [0.717, 1.165) is 16.7 Å². The van der Waals surface area contributed by atoms with Crippen molar-refractivity contribution in [1.29, 1.82) is 0 Å². The van der Waals surface area contributed by atoms with Crippen LogP contribution in [0.5, 0.6) is 0 Å². The van der Waals surface area contributed by atoms with Crippen molar-refractivity contribution in [1.82, 2.24) is 9.36 Å². The van der Waals surface area contributed by atoms with Gasteiger partial charge in [-0.25, -0.2) is 9.58 Å². The molecule has 31 heavy (non-hydrogen) atoms. The summed E-state index contributed by atoms with van der Waals surface area (Å²) in [6.07, 6.45) is 1.47. The van der Waals surface area contributed by atoms with Crippen LogP contribution >= 0.6 is 11.8 Å². The number of thioether (sulfide) groups is 1. The summed E-state index contributed by atoms with van der Waals surface area (Å²) in [5.41, 5.74) is 1.05. The van der Waals surface area contributed by atoms with Crippen molar-refractivity contribution < 1.29 is 14.5 Å². The Bertz CT molecular complexity index is 1310. The van der Waals surface area contributed by atoms with Gasteiger partial charge in [-0.1, -0.05) is 18.2 Å². The van der Waals surface area contributed by atoms with Crippen molar-refractivity contribution in [2.24, 2.45) is 7.05 Å². The number of nitro benzene ring substituents is 1. The largest absolute Gasteiger partial charge is 0.298 e. The van der Waals surface area contributed by atoms with Crippen molar-refractivity contribution in [3.63, 3.8) is 0 Å². The number of rotatable bonds is 4. The number of hydrogen-bond acceptors (Lipinski definition) is 6. The van der Waals surface area contributed by atoms with E-state index in [0.29, 0.717) is 16.9 Å². The van der Waals surface area contributed by atoms with Crippen LogP contribution in [0.1, 0.15) is 11.3 Å². The molecule has 0 aliphatic carbocycles. The Kier molecular flexibility index (Phi) is 5.07. The number of hydrogen-bond donors (Lipinski definition) is 0. The van der Waals surface area contributed by atoms with Crippen LogP contribution in [0.2, 0.25) is 0 Å². The molecule has 4 rings (SSSR count). The van der Waals surface area contributed by atoms with Gasteiger partial charge in [0.05, 0.1) is 21.2 Å². The van der Waals surface area contributed by atoms with Gasteiger partial charge in [0.15, 0.2) is 0 Å². The van der Waals surface area contributed by atoms with Crippen LogP contribution in [0.25, 0.3) is 11.8 Å². The standard InChI is InChI=1S/C21H16N4O5S/c1-13-18(20(27)24(22(13)2)15-6-4-3-5-7-15)23-19(26)17(31-21(23)28)12-14-8-10-16(11-9-14)25(29)30/h3-12H,1-2H3. The van der Waals surface area contributed by atoms with Gasteiger partial charge in [-0.3, -0.25) is 29.2 Å². The monoisotopic (exact) mass is 436 g/mol. The van der Waals surface area contributed by atoms with Gasteiger partial charge in [-0.15, -0.1) is 0 Å². The number of benzene rings is 2. The van der Waals surface area contributed by atoms with E-state index in [1.807, 2.05) is 6.07 Å². The van der Waals surface area contributed by atoms with Crippen LogP contribution in [0.15, 0.2) is 64.3 Å². The number of amides is 2. The quantitative estimate of drug-likeness (QED) is 0.351. The van der Waals surface area contributed by atoms with Crippen molar-refractivity contribution in [2.45, 2.75) is 6.92 Å². The molecule has 0 saturated carbocycles. The number of anilines is 1. The maximum absolute atomic E-state index is 13.2. The molecule has 1 fully saturated rings. The molecule has 0 radical (unpaired) electrons. The molecule has 1 saturated heterocycles. The van der Waals surface area contributed by atoms with Crippen molar-refractivity contribution >= 4 is 40.4 Å². The third-order valence-corrected chi connectivity index (χ3v) is 5.81. The van der Waals surface area contributed by atoms with Crippen molar-refractivity contribution in [2.75, 3.05) is 4.90 Å². The van der Waals surface area contributed by atoms with Gasteiger partial charge in [0.1, 0.15) is 5.69 Å². The molecule has 9 nitrogen and oxygen atoms in total. The number of nitro groups is 1. The first-order valence-electron chi connectivity index (χ1n) is 9.16. The SMILES string of the molecule is Cc1c(N2C(=O)SC(=Cc3ccc([N+](=O)[O-])cc3)C2=O)c(=O)n(-c2ccccc2)n1C. The lowest BCUT2D eigenvalue weighted by molar-refractivity contribution is -0.384. The molecule has 2 aromatic carbocycles. The van der Waals surface area contributed by atoms with Gasteiger partial charge in [0, 0.05) is 19.2 Å². The number of carbonyl (C=O) groups excluding carboxylic acids is 2. The first-order valence-corrected chi connectivity index (χ1v) is 9.97. The average molecular weight is 436 g/mol. The predicted molar refractivity (Wildman–Crippen MR) is 117 cm³/mol. The van der Waals surface area contributed by atoms with E-state index in [-0.39, 0.29) is 16.3 Å². The van der Waals surface area contributed by atoms with Crippen LogP contribution in [0.3, 0.4) is 0 Å². The third kappa shape index (κ3) is 3.46. The highest BCUT2D eigenvalue weighted by atomic mass is 32.2. The lowest BCUT2D eigenvalue weighted by Gasteiger charge is -2.10. The summed E-state index contributed by atoms with van der Waals surface area (Å²) in [5.74, 6) is -0.612. The van der Waals surface area contributed by atoms with Crippen molar-refractivity contribution in [3.8, 4) is 5.69 Å². The Morgan fingerprint density at radius 1 is 1.00 bits per heavy atom. The van der Waals surface area contributed by atoms with Crippen LogP contribution in [-0.4, -0.2) is 25.4 Å². The van der Waals surface area contributed by atoms with Crippen LogP contribution in [0.4, 0.5) is 16.2 Å². The molecule has 156 valence electrons. The summed E-state index contributed by atoms with van der Waals surface area (Å²) in [7, 11) is 1.68. The molecule has 1 aromatic heterocycles. The van der Waals surface area contributed by atoms with E-state index in [4.69, 9.17) is 0 Å². The third-order valence-electron chi connectivity index (χ3n) is 4.94. The van der Waals surface area contributed by atoms with E-state index in [1.54, 1.807) is 42.9 Å². The number of carbonyl (C=O) groups is 2. The fraction of sp³-hybridized carbons (Fsp3) is 0.0952. The highest BCUT2D eigenvalue weighted by Gasteiger charge is 2.40. The van der Waals surface area contributed by atoms with Gasteiger partial charge in [-0.05, 0) is 54.6 Å². The predicted octanol–water partition coefficient (Wildman–Crippen LogP) is 3.63. The number of nitrogens with zero attached hydrogens (tertiary/aromatic N) is 4. The number of para-hydroxylation sites is 1. The summed E-state index contributed by atoms with van der Waals surface area (Å²) in [6, 6.07) is 14.5. The van der Waals surface area contributed by atoms with Gasteiger partial charge in [0.2, 0.25) is 0 Å².